The van der Waals surface area contributed by atoms with Gasteiger partial charge in [-0.25, -0.2) is 9.97 Å². The summed E-state index contributed by atoms with van der Waals surface area (Å²) >= 11 is 0. The normalized spacial score (nSPS) is 11.3. The van der Waals surface area contributed by atoms with Gasteiger partial charge in [0.1, 0.15) is 11.6 Å². The first-order valence-electron chi connectivity index (χ1n) is 12.0. The summed E-state index contributed by atoms with van der Waals surface area (Å²) in [5.41, 5.74) is 6.75. The number of H-pyrrole nitrogens is 2. The van der Waals surface area contributed by atoms with Crippen LogP contribution in [0.25, 0.3) is 44.8 Å². The highest BCUT2D eigenvalue weighted by atomic mass is 16.2. The van der Waals surface area contributed by atoms with Crippen LogP contribution in [0.3, 0.4) is 0 Å². The van der Waals surface area contributed by atoms with E-state index in [4.69, 9.17) is 0 Å². The quantitative estimate of drug-likeness (QED) is 0.214. The molecule has 184 valence electrons. The standard InChI is InChI=1S/C30H22N6O2/c37-27(31-21-13-9-19(10-14-21)29-33-23-5-1-2-6-24(23)34-29)17-18-28(38)32-22-15-11-20(12-16-22)30-35-25-7-3-4-8-26(25)36-30/h1-18H,(H,31,37)(H,32,38)(H,33,34)(H,35,36)/b18-17+. The van der Waals surface area contributed by atoms with E-state index in [1.807, 2.05) is 72.8 Å². The number of imidazole rings is 2. The third-order valence-corrected chi connectivity index (χ3v) is 6.02. The van der Waals surface area contributed by atoms with Crippen LogP contribution in [0.15, 0.2) is 109 Å². The second-order valence-corrected chi connectivity index (χ2v) is 8.67. The molecule has 6 aromatic rings. The fourth-order valence-corrected chi connectivity index (χ4v) is 4.12. The highest BCUT2D eigenvalue weighted by Gasteiger charge is 2.07. The van der Waals surface area contributed by atoms with E-state index >= 15 is 0 Å². The molecule has 8 nitrogen and oxygen atoms in total. The number of hydrogen-bond acceptors (Lipinski definition) is 4. The molecule has 0 saturated carbocycles. The zero-order valence-electron chi connectivity index (χ0n) is 20.1. The number of fused-ring (bicyclic) bond motifs is 2. The lowest BCUT2D eigenvalue weighted by atomic mass is 10.2. The SMILES string of the molecule is O=C(/C=C/C(=O)Nc1ccc(-c2nc3ccccc3[nH]2)cc1)Nc1ccc(-c2nc3ccccc3[nH]2)cc1. The number of nitrogens with one attached hydrogen (secondary N) is 4. The largest absolute Gasteiger partial charge is 0.338 e. The molecule has 0 saturated heterocycles. The minimum absolute atomic E-state index is 0.406. The van der Waals surface area contributed by atoms with Crippen molar-refractivity contribution in [3.05, 3.63) is 109 Å². The minimum atomic E-state index is -0.406. The predicted octanol–water partition coefficient (Wildman–Crippen LogP) is 5.91. The Morgan fingerprint density at radius 3 is 1.34 bits per heavy atom. The third-order valence-electron chi connectivity index (χ3n) is 6.02. The van der Waals surface area contributed by atoms with Gasteiger partial charge in [-0.2, -0.15) is 0 Å². The summed E-state index contributed by atoms with van der Waals surface area (Å²) in [6, 6.07) is 30.3. The number of rotatable bonds is 6. The van der Waals surface area contributed by atoms with Crippen molar-refractivity contribution in [1.82, 2.24) is 19.9 Å². The van der Waals surface area contributed by atoms with Crippen molar-refractivity contribution < 1.29 is 9.59 Å². The number of carbonyl (C=O) groups excluding carboxylic acids is 2. The summed E-state index contributed by atoms with van der Waals surface area (Å²) in [4.78, 5) is 40.4. The van der Waals surface area contributed by atoms with Gasteiger partial charge in [0.2, 0.25) is 11.8 Å². The number of nitrogens with zero attached hydrogens (tertiary/aromatic N) is 2. The molecule has 2 amide bonds. The average Bonchev–Trinajstić information content (AvgIpc) is 3.57. The molecule has 0 atom stereocenters. The molecular weight excluding hydrogens is 476 g/mol. The van der Waals surface area contributed by atoms with Gasteiger partial charge in [-0.15, -0.1) is 0 Å². The van der Waals surface area contributed by atoms with Gasteiger partial charge in [0, 0.05) is 34.7 Å². The van der Waals surface area contributed by atoms with E-state index in [1.54, 1.807) is 24.3 Å². The monoisotopic (exact) mass is 498 g/mol. The third kappa shape index (κ3) is 4.91. The first kappa shape index (κ1) is 22.9. The molecular formula is C30H22N6O2. The number of para-hydroxylation sites is 4. The fourth-order valence-electron chi connectivity index (χ4n) is 4.12. The first-order chi connectivity index (χ1) is 18.6. The van der Waals surface area contributed by atoms with Crippen molar-refractivity contribution in [3.8, 4) is 22.8 Å². The molecule has 2 aromatic heterocycles. The second-order valence-electron chi connectivity index (χ2n) is 8.67. The first-order valence-corrected chi connectivity index (χ1v) is 12.0. The Hall–Kier alpha value is -5.50. The summed E-state index contributed by atoms with van der Waals surface area (Å²) in [5, 5.41) is 5.51. The molecule has 0 fully saturated rings. The fraction of sp³-hybridized carbons (Fsp3) is 0. The van der Waals surface area contributed by atoms with Crippen molar-refractivity contribution in [3.63, 3.8) is 0 Å². The van der Waals surface area contributed by atoms with E-state index < -0.39 is 11.8 Å². The van der Waals surface area contributed by atoms with Crippen molar-refractivity contribution in [2.24, 2.45) is 0 Å². The van der Waals surface area contributed by atoms with Crippen LogP contribution < -0.4 is 10.6 Å². The minimum Gasteiger partial charge on any atom is -0.338 e. The van der Waals surface area contributed by atoms with Crippen molar-refractivity contribution >= 4 is 45.3 Å². The smallest absolute Gasteiger partial charge is 0.248 e. The lowest BCUT2D eigenvalue weighted by molar-refractivity contribution is -0.114. The van der Waals surface area contributed by atoms with Crippen molar-refractivity contribution in [2.75, 3.05) is 10.6 Å². The van der Waals surface area contributed by atoms with E-state index in [2.05, 4.69) is 30.6 Å². The number of amides is 2. The molecule has 2 heterocycles. The number of benzene rings is 4. The van der Waals surface area contributed by atoms with E-state index in [0.717, 1.165) is 44.8 Å². The maximum atomic E-state index is 12.3. The number of aromatic nitrogens is 4. The summed E-state index contributed by atoms with van der Waals surface area (Å²) in [7, 11) is 0. The topological polar surface area (TPSA) is 116 Å². The lowest BCUT2D eigenvalue weighted by Gasteiger charge is -2.04. The van der Waals surface area contributed by atoms with Crippen LogP contribution in [-0.4, -0.2) is 31.8 Å². The molecule has 8 heteroatoms. The van der Waals surface area contributed by atoms with Crippen LogP contribution in [0, 0.1) is 0 Å². The van der Waals surface area contributed by atoms with Gasteiger partial charge >= 0.3 is 0 Å². The summed E-state index contributed by atoms with van der Waals surface area (Å²) < 4.78 is 0. The maximum Gasteiger partial charge on any atom is 0.248 e. The van der Waals surface area contributed by atoms with Crippen molar-refractivity contribution in [2.45, 2.75) is 0 Å². The van der Waals surface area contributed by atoms with E-state index in [-0.39, 0.29) is 0 Å². The maximum absolute atomic E-state index is 12.3. The van der Waals surface area contributed by atoms with Crippen LogP contribution in [0.5, 0.6) is 0 Å². The lowest BCUT2D eigenvalue weighted by Crippen LogP contribution is -2.12. The molecule has 38 heavy (non-hydrogen) atoms. The molecule has 0 bridgehead atoms. The Kier molecular flexibility index (Phi) is 5.95. The van der Waals surface area contributed by atoms with Gasteiger partial charge in [-0.1, -0.05) is 24.3 Å². The van der Waals surface area contributed by atoms with Gasteiger partial charge in [-0.3, -0.25) is 9.59 Å². The molecule has 6 rings (SSSR count). The Labute approximate surface area is 217 Å². The van der Waals surface area contributed by atoms with Gasteiger partial charge in [0.25, 0.3) is 0 Å². The van der Waals surface area contributed by atoms with Crippen LogP contribution in [-0.2, 0) is 9.59 Å². The Bertz CT molecular complexity index is 1600. The number of carbonyl (C=O) groups is 2. The summed E-state index contributed by atoms with van der Waals surface area (Å²) in [6.07, 6.45) is 2.40. The molecule has 4 N–H and O–H groups in total. The summed E-state index contributed by atoms with van der Waals surface area (Å²) in [6.45, 7) is 0. The van der Waals surface area contributed by atoms with Gasteiger partial charge in [0.05, 0.1) is 22.1 Å². The Morgan fingerprint density at radius 2 is 0.947 bits per heavy atom. The molecule has 4 aromatic carbocycles. The van der Waals surface area contributed by atoms with Crippen LogP contribution in [0.1, 0.15) is 0 Å². The number of aromatic amines is 2. The molecule has 0 aliphatic rings. The summed E-state index contributed by atoms with van der Waals surface area (Å²) in [5.74, 6) is 0.700. The molecule has 0 unspecified atom stereocenters. The molecule has 0 radical (unpaired) electrons. The Balaban J connectivity index is 1.04. The predicted molar refractivity (Wildman–Crippen MR) is 149 cm³/mol. The van der Waals surface area contributed by atoms with Gasteiger partial charge < -0.3 is 20.6 Å². The average molecular weight is 499 g/mol. The van der Waals surface area contributed by atoms with Gasteiger partial charge in [-0.05, 0) is 72.8 Å². The van der Waals surface area contributed by atoms with E-state index in [1.165, 1.54) is 12.2 Å². The Morgan fingerprint density at radius 1 is 0.553 bits per heavy atom. The molecule has 0 aliphatic carbocycles. The van der Waals surface area contributed by atoms with Crippen LogP contribution in [0.2, 0.25) is 0 Å². The highest BCUT2D eigenvalue weighted by Crippen LogP contribution is 2.23. The second kappa shape index (κ2) is 9.87. The highest BCUT2D eigenvalue weighted by molar-refractivity contribution is 6.07. The zero-order chi connectivity index (χ0) is 25.9. The van der Waals surface area contributed by atoms with Crippen LogP contribution in [0.4, 0.5) is 11.4 Å². The van der Waals surface area contributed by atoms with Gasteiger partial charge in [0.15, 0.2) is 0 Å². The molecule has 0 aliphatic heterocycles. The number of anilines is 2. The van der Waals surface area contributed by atoms with E-state index in [0.29, 0.717) is 11.4 Å². The molecule has 0 spiro atoms. The number of hydrogen-bond donors (Lipinski definition) is 4. The van der Waals surface area contributed by atoms with Crippen LogP contribution >= 0.6 is 0 Å². The van der Waals surface area contributed by atoms with Crippen molar-refractivity contribution in [1.29, 1.82) is 0 Å². The van der Waals surface area contributed by atoms with E-state index in [9.17, 15) is 9.59 Å². The zero-order valence-corrected chi connectivity index (χ0v) is 20.1.